The van der Waals surface area contributed by atoms with E-state index in [2.05, 4.69) is 20.2 Å². The van der Waals surface area contributed by atoms with Crippen LogP contribution in [0.3, 0.4) is 0 Å². The Bertz CT molecular complexity index is 1300. The number of anilines is 2. The molecule has 0 radical (unpaired) electrons. The van der Waals surface area contributed by atoms with Crippen LogP contribution < -0.4 is 10.6 Å². The Morgan fingerprint density at radius 1 is 1.03 bits per heavy atom. The molecule has 2 aromatic heterocycles. The molecule has 160 valence electrons. The van der Waals surface area contributed by atoms with E-state index < -0.39 is 5.97 Å². The minimum Gasteiger partial charge on any atom is -0.507 e. The van der Waals surface area contributed by atoms with Crippen molar-refractivity contribution in [2.24, 2.45) is 0 Å². The average Bonchev–Trinajstić information content (AvgIpc) is 3.23. The van der Waals surface area contributed by atoms with Gasteiger partial charge in [0.25, 0.3) is 0 Å². The van der Waals surface area contributed by atoms with E-state index in [1.165, 1.54) is 0 Å². The summed E-state index contributed by atoms with van der Waals surface area (Å²) in [4.78, 5) is 13.2. The Morgan fingerprint density at radius 2 is 1.78 bits per heavy atom. The molecular formula is C23H20N6O3. The largest absolute Gasteiger partial charge is 0.507 e. The normalized spacial score (nSPS) is 13.7. The van der Waals surface area contributed by atoms with Gasteiger partial charge in [-0.3, -0.25) is 4.68 Å². The van der Waals surface area contributed by atoms with Crippen molar-refractivity contribution in [3.05, 3.63) is 72.6 Å². The molecule has 9 heteroatoms. The molecule has 32 heavy (non-hydrogen) atoms. The van der Waals surface area contributed by atoms with Crippen LogP contribution in [0.2, 0.25) is 0 Å². The highest BCUT2D eigenvalue weighted by Gasteiger charge is 2.29. The summed E-state index contributed by atoms with van der Waals surface area (Å²) in [6.45, 7) is 1.53. The predicted molar refractivity (Wildman–Crippen MR) is 119 cm³/mol. The molecule has 0 bridgehead atoms. The lowest BCUT2D eigenvalue weighted by molar-refractivity contribution is 0.0697. The lowest BCUT2D eigenvalue weighted by Gasteiger charge is -2.41. The van der Waals surface area contributed by atoms with Gasteiger partial charge in [0.05, 0.1) is 23.5 Å². The van der Waals surface area contributed by atoms with E-state index in [0.717, 1.165) is 24.3 Å². The Kier molecular flexibility index (Phi) is 4.70. The molecule has 1 saturated heterocycles. The summed E-state index contributed by atoms with van der Waals surface area (Å²) in [7, 11) is 0. The first-order valence-corrected chi connectivity index (χ1v) is 10.0. The summed E-state index contributed by atoms with van der Waals surface area (Å²) >= 11 is 0. The zero-order valence-corrected chi connectivity index (χ0v) is 17.0. The second-order valence-electron chi connectivity index (χ2n) is 7.67. The summed E-state index contributed by atoms with van der Waals surface area (Å²) in [6.07, 6.45) is 3.67. The number of para-hydroxylation sites is 1. The number of hydrogen-bond acceptors (Lipinski definition) is 7. The Morgan fingerprint density at radius 3 is 2.50 bits per heavy atom. The van der Waals surface area contributed by atoms with Gasteiger partial charge in [-0.2, -0.15) is 5.10 Å². The molecule has 3 heterocycles. The highest BCUT2D eigenvalue weighted by atomic mass is 16.4. The van der Waals surface area contributed by atoms with Crippen LogP contribution >= 0.6 is 0 Å². The van der Waals surface area contributed by atoms with Crippen LogP contribution in [0.4, 0.5) is 11.5 Å². The molecule has 2 aromatic carbocycles. The van der Waals surface area contributed by atoms with Gasteiger partial charge in [-0.25, -0.2) is 4.79 Å². The third kappa shape index (κ3) is 3.49. The van der Waals surface area contributed by atoms with E-state index in [0.29, 0.717) is 16.8 Å². The van der Waals surface area contributed by atoms with Crippen LogP contribution in [0.15, 0.2) is 67.0 Å². The number of rotatable bonds is 5. The van der Waals surface area contributed by atoms with Crippen LogP contribution in [0.1, 0.15) is 16.4 Å². The second kappa shape index (κ2) is 7.69. The lowest BCUT2D eigenvalue weighted by atomic mass is 10.1. The molecule has 0 amide bonds. The predicted octanol–water partition coefficient (Wildman–Crippen LogP) is 3.05. The summed E-state index contributed by atoms with van der Waals surface area (Å²) in [6, 6.07) is 15.8. The van der Waals surface area contributed by atoms with Crippen molar-refractivity contribution < 1.29 is 15.0 Å². The smallest absolute Gasteiger partial charge is 0.335 e. The third-order valence-corrected chi connectivity index (χ3v) is 5.63. The Labute approximate surface area is 183 Å². The van der Waals surface area contributed by atoms with Crippen LogP contribution in [0.25, 0.3) is 22.4 Å². The molecule has 0 aliphatic carbocycles. The van der Waals surface area contributed by atoms with Crippen molar-refractivity contribution in [1.29, 1.82) is 0 Å². The van der Waals surface area contributed by atoms with E-state index in [9.17, 15) is 9.90 Å². The van der Waals surface area contributed by atoms with Gasteiger partial charge in [-0.05, 0) is 42.5 Å². The highest BCUT2D eigenvalue weighted by molar-refractivity contribution is 5.88. The van der Waals surface area contributed by atoms with Gasteiger partial charge in [-0.1, -0.05) is 12.1 Å². The van der Waals surface area contributed by atoms with Crippen molar-refractivity contribution in [1.82, 2.24) is 20.0 Å². The van der Waals surface area contributed by atoms with Gasteiger partial charge < -0.3 is 20.8 Å². The average molecular weight is 428 g/mol. The number of phenols is 1. The van der Waals surface area contributed by atoms with Crippen molar-refractivity contribution in [3.63, 3.8) is 0 Å². The first kappa shape index (κ1) is 19.6. The lowest BCUT2D eigenvalue weighted by Crippen LogP contribution is -2.48. The Hall–Kier alpha value is -4.40. The fourth-order valence-corrected chi connectivity index (χ4v) is 3.78. The summed E-state index contributed by atoms with van der Waals surface area (Å²) in [5, 5.41) is 31.8. The van der Waals surface area contributed by atoms with E-state index in [-0.39, 0.29) is 23.2 Å². The standard InChI is InChI=1S/C23H20N6O3/c24-22-19(9-20(26-27-22)18-3-1-2-4-21(18)30)15-10-25-29(11-15)17-12-28(13-17)16-7-5-14(6-8-16)23(31)32/h1-11,17,30H,12-13H2,(H2,24,27)(H,31,32). The van der Waals surface area contributed by atoms with Crippen LogP contribution in [0.5, 0.6) is 5.75 Å². The van der Waals surface area contributed by atoms with Gasteiger partial charge in [0.1, 0.15) is 5.75 Å². The number of aromatic nitrogens is 4. The summed E-state index contributed by atoms with van der Waals surface area (Å²) in [5.41, 5.74) is 9.96. The fraction of sp³-hybridized carbons (Fsp3) is 0.130. The van der Waals surface area contributed by atoms with Crippen molar-refractivity contribution in [2.75, 3.05) is 23.7 Å². The molecule has 4 N–H and O–H groups in total. The van der Waals surface area contributed by atoms with Crippen molar-refractivity contribution >= 4 is 17.5 Å². The van der Waals surface area contributed by atoms with Crippen molar-refractivity contribution in [2.45, 2.75) is 6.04 Å². The molecule has 1 aliphatic heterocycles. The first-order chi connectivity index (χ1) is 15.5. The maximum Gasteiger partial charge on any atom is 0.335 e. The molecule has 1 fully saturated rings. The summed E-state index contributed by atoms with van der Waals surface area (Å²) in [5.74, 6) is -0.519. The quantitative estimate of drug-likeness (QED) is 0.442. The molecule has 5 rings (SSSR count). The number of hydrogen-bond donors (Lipinski definition) is 3. The van der Waals surface area contributed by atoms with Crippen LogP contribution in [-0.2, 0) is 0 Å². The highest BCUT2D eigenvalue weighted by Crippen LogP contribution is 2.33. The van der Waals surface area contributed by atoms with Gasteiger partial charge in [0.2, 0.25) is 0 Å². The SMILES string of the molecule is Nc1nnc(-c2ccccc2O)cc1-c1cnn(C2CN(c3ccc(C(=O)O)cc3)C2)c1. The monoisotopic (exact) mass is 428 g/mol. The molecule has 1 aliphatic rings. The minimum atomic E-state index is -0.933. The molecule has 0 saturated carbocycles. The number of nitrogen functional groups attached to an aromatic ring is 1. The van der Waals surface area contributed by atoms with Gasteiger partial charge in [-0.15, -0.1) is 10.2 Å². The third-order valence-electron chi connectivity index (χ3n) is 5.63. The first-order valence-electron chi connectivity index (χ1n) is 10.0. The molecule has 4 aromatic rings. The zero-order valence-electron chi connectivity index (χ0n) is 17.0. The maximum atomic E-state index is 11.0. The van der Waals surface area contributed by atoms with E-state index in [1.807, 2.05) is 29.1 Å². The number of nitrogens with two attached hydrogens (primary N) is 1. The number of aromatic carboxylic acids is 1. The molecular weight excluding hydrogens is 408 g/mol. The topological polar surface area (TPSA) is 130 Å². The molecule has 0 spiro atoms. The maximum absolute atomic E-state index is 11.0. The second-order valence-corrected chi connectivity index (χ2v) is 7.67. The number of benzene rings is 2. The number of nitrogens with zero attached hydrogens (tertiary/aromatic N) is 5. The van der Waals surface area contributed by atoms with E-state index >= 15 is 0 Å². The van der Waals surface area contributed by atoms with E-state index in [1.54, 1.807) is 42.6 Å². The number of carbonyl (C=O) groups is 1. The van der Waals surface area contributed by atoms with Crippen LogP contribution in [0, 0.1) is 0 Å². The minimum absolute atomic E-state index is 0.124. The number of phenolic OH excluding ortho intramolecular Hbond substituents is 1. The molecule has 9 nitrogen and oxygen atoms in total. The number of carboxylic acid groups (broad SMARTS) is 1. The van der Waals surface area contributed by atoms with Crippen molar-refractivity contribution in [3.8, 4) is 28.1 Å². The number of carboxylic acids is 1. The van der Waals surface area contributed by atoms with E-state index in [4.69, 9.17) is 10.8 Å². The fourth-order valence-electron chi connectivity index (χ4n) is 3.78. The molecule has 0 atom stereocenters. The van der Waals surface area contributed by atoms with Crippen LogP contribution in [-0.4, -0.2) is 49.2 Å². The van der Waals surface area contributed by atoms with Gasteiger partial charge >= 0.3 is 5.97 Å². The van der Waals surface area contributed by atoms with Gasteiger partial charge in [0, 0.05) is 41.7 Å². The Balaban J connectivity index is 1.33. The zero-order chi connectivity index (χ0) is 22.2. The number of aromatic hydroxyl groups is 1. The molecule has 0 unspecified atom stereocenters. The summed E-state index contributed by atoms with van der Waals surface area (Å²) < 4.78 is 1.90. The van der Waals surface area contributed by atoms with Gasteiger partial charge in [0.15, 0.2) is 5.82 Å².